The first-order valence-electron chi connectivity index (χ1n) is 7.46. The van der Waals surface area contributed by atoms with E-state index in [1.807, 2.05) is 56.3 Å². The molecule has 0 bridgehead atoms. The minimum atomic E-state index is -0.187. The molecule has 0 aliphatic carbocycles. The van der Waals surface area contributed by atoms with Gasteiger partial charge in [0.1, 0.15) is 5.75 Å². The van der Waals surface area contributed by atoms with Gasteiger partial charge in [-0.1, -0.05) is 18.2 Å². The molecule has 4 heteroatoms. The van der Waals surface area contributed by atoms with Crippen LogP contribution in [0.1, 0.15) is 11.1 Å². The predicted molar refractivity (Wildman–Crippen MR) is 91.8 cm³/mol. The summed E-state index contributed by atoms with van der Waals surface area (Å²) < 4.78 is 5.56. The Bertz CT molecular complexity index is 854. The van der Waals surface area contributed by atoms with Gasteiger partial charge < -0.3 is 10.1 Å². The van der Waals surface area contributed by atoms with Gasteiger partial charge in [0, 0.05) is 28.9 Å². The second kappa shape index (κ2) is 6.48. The van der Waals surface area contributed by atoms with Gasteiger partial charge in [-0.05, 0) is 49.2 Å². The Balaban J connectivity index is 1.68. The molecule has 0 saturated carbocycles. The van der Waals surface area contributed by atoms with Crippen LogP contribution in [0, 0.1) is 13.8 Å². The SMILES string of the molecule is Cc1ccc(OCC(=O)Nc2cccc3cnccc23)cc1C. The Kier molecular flexibility index (Phi) is 4.24. The average Bonchev–Trinajstić information content (AvgIpc) is 2.56. The highest BCUT2D eigenvalue weighted by molar-refractivity contribution is 6.02. The Morgan fingerprint density at radius 3 is 2.83 bits per heavy atom. The first-order chi connectivity index (χ1) is 11.1. The first kappa shape index (κ1) is 15.0. The lowest BCUT2D eigenvalue weighted by Gasteiger charge is -2.10. The fraction of sp³-hybridized carbons (Fsp3) is 0.158. The molecule has 0 aliphatic heterocycles. The normalized spacial score (nSPS) is 10.5. The molecule has 0 atom stereocenters. The third-order valence-corrected chi connectivity index (χ3v) is 3.80. The maximum atomic E-state index is 12.1. The monoisotopic (exact) mass is 306 g/mol. The topological polar surface area (TPSA) is 51.2 Å². The maximum Gasteiger partial charge on any atom is 0.262 e. The van der Waals surface area contributed by atoms with Gasteiger partial charge in [0.2, 0.25) is 0 Å². The molecule has 1 aromatic heterocycles. The molecule has 1 amide bonds. The number of amides is 1. The molecule has 0 saturated heterocycles. The summed E-state index contributed by atoms with van der Waals surface area (Å²) in [6, 6.07) is 13.4. The van der Waals surface area contributed by atoms with E-state index in [0.717, 1.165) is 22.0 Å². The number of nitrogens with zero attached hydrogens (tertiary/aromatic N) is 1. The molecule has 116 valence electrons. The maximum absolute atomic E-state index is 12.1. The molecule has 4 nitrogen and oxygen atoms in total. The van der Waals surface area contributed by atoms with Crippen LogP contribution in [0.4, 0.5) is 5.69 Å². The first-order valence-corrected chi connectivity index (χ1v) is 7.46. The van der Waals surface area contributed by atoms with Crippen LogP contribution in [0.2, 0.25) is 0 Å². The molecule has 0 spiro atoms. The molecule has 0 radical (unpaired) electrons. The number of hydrogen-bond acceptors (Lipinski definition) is 3. The second-order valence-electron chi connectivity index (χ2n) is 5.49. The van der Waals surface area contributed by atoms with Crippen LogP contribution < -0.4 is 10.1 Å². The number of hydrogen-bond donors (Lipinski definition) is 1. The number of fused-ring (bicyclic) bond motifs is 1. The molecule has 23 heavy (non-hydrogen) atoms. The predicted octanol–water partition coefficient (Wildman–Crippen LogP) is 3.87. The second-order valence-corrected chi connectivity index (χ2v) is 5.49. The Morgan fingerprint density at radius 1 is 1.13 bits per heavy atom. The summed E-state index contributed by atoms with van der Waals surface area (Å²) in [6.45, 7) is 4.04. The van der Waals surface area contributed by atoms with Crippen LogP contribution in [0.25, 0.3) is 10.8 Å². The van der Waals surface area contributed by atoms with E-state index in [0.29, 0.717) is 5.75 Å². The summed E-state index contributed by atoms with van der Waals surface area (Å²) in [7, 11) is 0. The summed E-state index contributed by atoms with van der Waals surface area (Å²) >= 11 is 0. The minimum Gasteiger partial charge on any atom is -0.484 e. The van der Waals surface area contributed by atoms with Gasteiger partial charge in [-0.15, -0.1) is 0 Å². The molecule has 3 rings (SSSR count). The lowest BCUT2D eigenvalue weighted by atomic mass is 10.1. The summed E-state index contributed by atoms with van der Waals surface area (Å²) in [5, 5.41) is 4.84. The molecule has 3 aromatic rings. The molecule has 1 N–H and O–H groups in total. The summed E-state index contributed by atoms with van der Waals surface area (Å²) in [4.78, 5) is 16.2. The summed E-state index contributed by atoms with van der Waals surface area (Å²) in [6.07, 6.45) is 3.49. The van der Waals surface area contributed by atoms with Crippen molar-refractivity contribution in [2.24, 2.45) is 0 Å². The number of carbonyl (C=O) groups is 1. The van der Waals surface area contributed by atoms with E-state index < -0.39 is 0 Å². The highest BCUT2D eigenvalue weighted by Gasteiger charge is 2.07. The van der Waals surface area contributed by atoms with Gasteiger partial charge in [-0.25, -0.2) is 0 Å². The van der Waals surface area contributed by atoms with Crippen LogP contribution in [-0.2, 0) is 4.79 Å². The largest absolute Gasteiger partial charge is 0.484 e. The lowest BCUT2D eigenvalue weighted by molar-refractivity contribution is -0.118. The third-order valence-electron chi connectivity index (χ3n) is 3.80. The molecule has 2 aromatic carbocycles. The third kappa shape index (κ3) is 3.48. The Morgan fingerprint density at radius 2 is 2.00 bits per heavy atom. The molecule has 1 heterocycles. The van der Waals surface area contributed by atoms with E-state index >= 15 is 0 Å². The van der Waals surface area contributed by atoms with Crippen LogP contribution in [0.3, 0.4) is 0 Å². The Labute approximate surface area is 135 Å². The number of pyridine rings is 1. The van der Waals surface area contributed by atoms with Crippen LogP contribution >= 0.6 is 0 Å². The van der Waals surface area contributed by atoms with Gasteiger partial charge in [-0.2, -0.15) is 0 Å². The van der Waals surface area contributed by atoms with Crippen molar-refractivity contribution in [3.63, 3.8) is 0 Å². The fourth-order valence-electron chi connectivity index (χ4n) is 2.37. The minimum absolute atomic E-state index is 0.0238. The van der Waals surface area contributed by atoms with E-state index in [4.69, 9.17) is 4.74 Å². The highest BCUT2D eigenvalue weighted by Crippen LogP contribution is 2.22. The van der Waals surface area contributed by atoms with Crippen molar-refractivity contribution in [1.82, 2.24) is 4.98 Å². The number of rotatable bonds is 4. The van der Waals surface area contributed by atoms with Gasteiger partial charge >= 0.3 is 0 Å². The van der Waals surface area contributed by atoms with Crippen LogP contribution in [-0.4, -0.2) is 17.5 Å². The van der Waals surface area contributed by atoms with E-state index in [-0.39, 0.29) is 12.5 Å². The van der Waals surface area contributed by atoms with Gasteiger partial charge in [-0.3, -0.25) is 9.78 Å². The number of benzene rings is 2. The molecular formula is C19H18N2O2. The molecule has 0 unspecified atom stereocenters. The van der Waals surface area contributed by atoms with E-state index in [9.17, 15) is 4.79 Å². The van der Waals surface area contributed by atoms with Crippen molar-refractivity contribution >= 4 is 22.4 Å². The van der Waals surface area contributed by atoms with Crippen molar-refractivity contribution in [1.29, 1.82) is 0 Å². The Hall–Kier alpha value is -2.88. The van der Waals surface area contributed by atoms with Gasteiger partial charge in [0.05, 0.1) is 0 Å². The average molecular weight is 306 g/mol. The zero-order valence-corrected chi connectivity index (χ0v) is 13.2. The van der Waals surface area contributed by atoms with Gasteiger partial charge in [0.25, 0.3) is 5.91 Å². The fourth-order valence-corrected chi connectivity index (χ4v) is 2.37. The number of aryl methyl sites for hydroxylation is 2. The van der Waals surface area contributed by atoms with Crippen molar-refractivity contribution < 1.29 is 9.53 Å². The van der Waals surface area contributed by atoms with Crippen LogP contribution in [0.15, 0.2) is 54.9 Å². The van der Waals surface area contributed by atoms with Gasteiger partial charge in [0.15, 0.2) is 6.61 Å². The van der Waals surface area contributed by atoms with Crippen molar-refractivity contribution in [2.75, 3.05) is 11.9 Å². The zero-order chi connectivity index (χ0) is 16.2. The van der Waals surface area contributed by atoms with Crippen molar-refractivity contribution in [2.45, 2.75) is 13.8 Å². The highest BCUT2D eigenvalue weighted by atomic mass is 16.5. The number of anilines is 1. The van der Waals surface area contributed by atoms with Crippen molar-refractivity contribution in [3.05, 3.63) is 66.0 Å². The standard InChI is InChI=1S/C19H18N2O2/c1-13-6-7-16(10-14(13)2)23-12-19(22)21-18-5-3-4-15-11-20-9-8-17(15)18/h3-11H,12H2,1-2H3,(H,21,22). The number of ether oxygens (including phenoxy) is 1. The summed E-state index contributed by atoms with van der Waals surface area (Å²) in [5.74, 6) is 0.512. The quantitative estimate of drug-likeness (QED) is 0.796. The van der Waals surface area contributed by atoms with E-state index in [1.165, 1.54) is 5.56 Å². The van der Waals surface area contributed by atoms with E-state index in [2.05, 4.69) is 10.3 Å². The number of carbonyl (C=O) groups excluding carboxylic acids is 1. The summed E-state index contributed by atoms with van der Waals surface area (Å²) in [5.41, 5.74) is 3.11. The smallest absolute Gasteiger partial charge is 0.262 e. The lowest BCUT2D eigenvalue weighted by Crippen LogP contribution is -2.20. The molecule has 0 aliphatic rings. The van der Waals surface area contributed by atoms with Crippen LogP contribution in [0.5, 0.6) is 5.75 Å². The number of aromatic nitrogens is 1. The zero-order valence-electron chi connectivity index (χ0n) is 13.2. The van der Waals surface area contributed by atoms with Crippen molar-refractivity contribution in [3.8, 4) is 5.75 Å². The molecular weight excluding hydrogens is 288 g/mol. The van der Waals surface area contributed by atoms with E-state index in [1.54, 1.807) is 12.4 Å². The molecule has 0 fully saturated rings. The number of nitrogens with one attached hydrogen (secondary N) is 1.